The van der Waals surface area contributed by atoms with Crippen LogP contribution in [0.4, 0.5) is 11.4 Å². The summed E-state index contributed by atoms with van der Waals surface area (Å²) in [5.74, 6) is 1.30. The molecule has 3 unspecified atom stereocenters. The summed E-state index contributed by atoms with van der Waals surface area (Å²) < 4.78 is 5.17. The summed E-state index contributed by atoms with van der Waals surface area (Å²) in [6.07, 6.45) is 5.46. The van der Waals surface area contributed by atoms with E-state index in [1.807, 2.05) is 24.3 Å². The van der Waals surface area contributed by atoms with E-state index in [0.29, 0.717) is 11.7 Å². The Balaban J connectivity index is 1.72. The third-order valence-electron chi connectivity index (χ3n) is 5.77. The maximum atomic E-state index is 11.7. The standard InChI is InChI=1S/C22H24N2O3/c1-13(25)24(2)15-8-9-19-18(12-15)16-5-4-6-17(16)22(23-19)14-7-10-21(27-3)20(26)11-14/h4-5,7-12,16-17,22-23,26H,6H2,1-3H3. The minimum Gasteiger partial charge on any atom is -0.504 e. The molecule has 2 aliphatic rings. The Bertz CT molecular complexity index is 922. The van der Waals surface area contributed by atoms with Crippen molar-refractivity contribution in [2.45, 2.75) is 25.3 Å². The lowest BCUT2D eigenvalue weighted by Gasteiger charge is -2.38. The van der Waals surface area contributed by atoms with Crippen molar-refractivity contribution in [3.63, 3.8) is 0 Å². The van der Waals surface area contributed by atoms with Crippen LogP contribution in [0.25, 0.3) is 0 Å². The molecule has 5 heteroatoms. The van der Waals surface area contributed by atoms with Gasteiger partial charge in [-0.3, -0.25) is 4.79 Å². The van der Waals surface area contributed by atoms with Crippen LogP contribution in [0.3, 0.4) is 0 Å². The second kappa shape index (κ2) is 6.65. The average Bonchev–Trinajstić information content (AvgIpc) is 3.16. The van der Waals surface area contributed by atoms with Crippen LogP contribution in [-0.4, -0.2) is 25.2 Å². The van der Waals surface area contributed by atoms with Gasteiger partial charge < -0.3 is 20.1 Å². The Hall–Kier alpha value is -2.95. The Morgan fingerprint density at radius 1 is 1.26 bits per heavy atom. The summed E-state index contributed by atoms with van der Waals surface area (Å²) >= 11 is 0. The number of allylic oxidation sites excluding steroid dienone is 2. The quantitative estimate of drug-likeness (QED) is 0.801. The molecule has 140 valence electrons. The van der Waals surface area contributed by atoms with E-state index in [9.17, 15) is 9.90 Å². The second-order valence-corrected chi connectivity index (χ2v) is 7.26. The van der Waals surface area contributed by atoms with E-state index in [2.05, 4.69) is 23.5 Å². The van der Waals surface area contributed by atoms with Crippen LogP contribution in [0.2, 0.25) is 0 Å². The molecule has 5 nitrogen and oxygen atoms in total. The van der Waals surface area contributed by atoms with Crippen LogP contribution >= 0.6 is 0 Å². The topological polar surface area (TPSA) is 61.8 Å². The molecule has 2 N–H and O–H groups in total. The largest absolute Gasteiger partial charge is 0.504 e. The van der Waals surface area contributed by atoms with Crippen molar-refractivity contribution >= 4 is 17.3 Å². The third kappa shape index (κ3) is 2.93. The Kier molecular flexibility index (Phi) is 4.30. The van der Waals surface area contributed by atoms with Gasteiger partial charge in [-0.15, -0.1) is 0 Å². The lowest BCUT2D eigenvalue weighted by molar-refractivity contribution is -0.116. The number of carbonyl (C=O) groups is 1. The molecule has 0 saturated carbocycles. The number of nitrogens with zero attached hydrogens (tertiary/aromatic N) is 1. The summed E-state index contributed by atoms with van der Waals surface area (Å²) in [4.78, 5) is 13.4. The summed E-state index contributed by atoms with van der Waals surface area (Å²) in [6.45, 7) is 1.57. The Morgan fingerprint density at radius 3 is 2.78 bits per heavy atom. The van der Waals surface area contributed by atoms with Crippen molar-refractivity contribution < 1.29 is 14.6 Å². The lowest BCUT2D eigenvalue weighted by Crippen LogP contribution is -2.30. The highest BCUT2D eigenvalue weighted by atomic mass is 16.5. The molecular formula is C22H24N2O3. The number of ether oxygens (including phenoxy) is 1. The highest BCUT2D eigenvalue weighted by molar-refractivity contribution is 5.91. The molecule has 0 saturated heterocycles. The van der Waals surface area contributed by atoms with Crippen LogP contribution in [0, 0.1) is 5.92 Å². The number of amides is 1. The van der Waals surface area contributed by atoms with Gasteiger partial charge in [0.15, 0.2) is 11.5 Å². The number of carbonyl (C=O) groups excluding carboxylic acids is 1. The van der Waals surface area contributed by atoms with E-state index in [0.717, 1.165) is 23.4 Å². The average molecular weight is 364 g/mol. The molecule has 0 aromatic heterocycles. The van der Waals surface area contributed by atoms with E-state index < -0.39 is 0 Å². The zero-order valence-corrected chi connectivity index (χ0v) is 15.8. The fourth-order valence-electron chi connectivity index (χ4n) is 4.20. The minimum absolute atomic E-state index is 0.0174. The van der Waals surface area contributed by atoms with Crippen molar-refractivity contribution in [1.29, 1.82) is 0 Å². The molecule has 4 rings (SSSR count). The lowest BCUT2D eigenvalue weighted by atomic mass is 9.77. The number of nitrogens with one attached hydrogen (secondary N) is 1. The number of benzene rings is 2. The zero-order chi connectivity index (χ0) is 19.1. The first-order valence-electron chi connectivity index (χ1n) is 9.18. The number of phenolic OH excluding ortho intramolecular Hbond substituents is 1. The monoisotopic (exact) mass is 364 g/mol. The first kappa shape index (κ1) is 17.5. The second-order valence-electron chi connectivity index (χ2n) is 7.26. The van der Waals surface area contributed by atoms with Gasteiger partial charge in [0.05, 0.1) is 13.2 Å². The fourth-order valence-corrected chi connectivity index (χ4v) is 4.20. The maximum absolute atomic E-state index is 11.7. The molecule has 0 bridgehead atoms. The highest BCUT2D eigenvalue weighted by Crippen LogP contribution is 2.51. The van der Waals surface area contributed by atoms with Crippen LogP contribution in [-0.2, 0) is 4.79 Å². The molecule has 0 radical (unpaired) electrons. The molecular weight excluding hydrogens is 340 g/mol. The normalized spacial score (nSPS) is 22.6. The van der Waals surface area contributed by atoms with E-state index >= 15 is 0 Å². The first-order chi connectivity index (χ1) is 13.0. The van der Waals surface area contributed by atoms with Gasteiger partial charge >= 0.3 is 0 Å². The zero-order valence-electron chi connectivity index (χ0n) is 15.8. The minimum atomic E-state index is 0.0174. The molecule has 27 heavy (non-hydrogen) atoms. The fraction of sp³-hybridized carbons (Fsp3) is 0.318. The summed E-state index contributed by atoms with van der Waals surface area (Å²) in [6, 6.07) is 11.8. The van der Waals surface area contributed by atoms with E-state index in [4.69, 9.17) is 4.74 Å². The number of methoxy groups -OCH3 is 1. The molecule has 0 fully saturated rings. The first-order valence-corrected chi connectivity index (χ1v) is 9.18. The molecule has 3 atom stereocenters. The highest BCUT2D eigenvalue weighted by Gasteiger charge is 2.38. The van der Waals surface area contributed by atoms with Crippen LogP contribution < -0.4 is 15.0 Å². The molecule has 2 aromatic carbocycles. The molecule has 1 heterocycles. The van der Waals surface area contributed by atoms with Gasteiger partial charge in [-0.2, -0.15) is 0 Å². The molecule has 1 aliphatic heterocycles. The number of fused-ring (bicyclic) bond motifs is 3. The van der Waals surface area contributed by atoms with E-state index in [1.54, 1.807) is 32.0 Å². The Labute approximate surface area is 159 Å². The molecule has 1 aliphatic carbocycles. The summed E-state index contributed by atoms with van der Waals surface area (Å²) in [5, 5.41) is 13.9. The van der Waals surface area contributed by atoms with Gasteiger partial charge in [0.25, 0.3) is 0 Å². The van der Waals surface area contributed by atoms with Crippen LogP contribution in [0.5, 0.6) is 11.5 Å². The van der Waals surface area contributed by atoms with Crippen molar-refractivity contribution in [3.8, 4) is 11.5 Å². The number of hydrogen-bond donors (Lipinski definition) is 2. The van der Waals surface area contributed by atoms with Crippen molar-refractivity contribution in [2.24, 2.45) is 5.92 Å². The Morgan fingerprint density at radius 2 is 2.07 bits per heavy atom. The number of aromatic hydroxyl groups is 1. The van der Waals surface area contributed by atoms with Gasteiger partial charge in [-0.05, 0) is 53.8 Å². The van der Waals surface area contributed by atoms with Crippen molar-refractivity contribution in [3.05, 3.63) is 59.7 Å². The molecule has 2 aromatic rings. The maximum Gasteiger partial charge on any atom is 0.223 e. The SMILES string of the molecule is COc1ccc(C2Nc3ccc(N(C)C(C)=O)cc3C3C=CCC32)cc1O. The number of rotatable bonds is 3. The number of anilines is 2. The van der Waals surface area contributed by atoms with Crippen LogP contribution in [0.15, 0.2) is 48.6 Å². The molecule has 1 amide bonds. The van der Waals surface area contributed by atoms with Crippen LogP contribution in [0.1, 0.15) is 36.4 Å². The predicted molar refractivity (Wildman–Crippen MR) is 107 cm³/mol. The van der Waals surface area contributed by atoms with Gasteiger partial charge in [-0.25, -0.2) is 0 Å². The van der Waals surface area contributed by atoms with Crippen molar-refractivity contribution in [2.75, 3.05) is 24.4 Å². The number of hydrogen-bond acceptors (Lipinski definition) is 4. The predicted octanol–water partition coefficient (Wildman–Crippen LogP) is 4.21. The smallest absolute Gasteiger partial charge is 0.223 e. The van der Waals surface area contributed by atoms with E-state index in [-0.39, 0.29) is 23.6 Å². The summed E-state index contributed by atoms with van der Waals surface area (Å²) in [5.41, 5.74) is 4.24. The van der Waals surface area contributed by atoms with Gasteiger partial charge in [0, 0.05) is 31.3 Å². The van der Waals surface area contributed by atoms with Gasteiger partial charge in [0.2, 0.25) is 5.91 Å². The van der Waals surface area contributed by atoms with Gasteiger partial charge in [0.1, 0.15) is 0 Å². The van der Waals surface area contributed by atoms with E-state index in [1.165, 1.54) is 5.56 Å². The summed E-state index contributed by atoms with van der Waals surface area (Å²) in [7, 11) is 3.35. The number of phenols is 1. The third-order valence-corrected chi connectivity index (χ3v) is 5.77. The van der Waals surface area contributed by atoms with Gasteiger partial charge in [-0.1, -0.05) is 18.2 Å². The van der Waals surface area contributed by atoms with Crippen molar-refractivity contribution in [1.82, 2.24) is 0 Å². The molecule has 0 spiro atoms.